The van der Waals surface area contributed by atoms with Gasteiger partial charge in [-0.25, -0.2) is 0 Å². The number of fused-ring (bicyclic) bond motifs is 3. The Morgan fingerprint density at radius 1 is 0.828 bits per heavy atom. The van der Waals surface area contributed by atoms with Crippen LogP contribution in [0.15, 0.2) is 72.8 Å². The van der Waals surface area contributed by atoms with Crippen molar-refractivity contribution < 1.29 is 14.3 Å². The molecule has 1 aliphatic rings. The number of carbonyl (C=O) groups is 1. The molecule has 4 rings (SSSR count). The third kappa shape index (κ3) is 4.04. The van der Waals surface area contributed by atoms with Crippen LogP contribution < -0.4 is 4.74 Å². The van der Waals surface area contributed by atoms with Gasteiger partial charge in [0.25, 0.3) is 0 Å². The number of ether oxygens (including phenoxy) is 2. The second kappa shape index (κ2) is 7.75. The number of esters is 1. The number of hydrogen-bond donors (Lipinski definition) is 0. The summed E-state index contributed by atoms with van der Waals surface area (Å²) in [6.07, 6.45) is -0.136. The van der Waals surface area contributed by atoms with Crippen LogP contribution in [0, 0.1) is 0 Å². The molecule has 148 valence electrons. The molecule has 0 amide bonds. The van der Waals surface area contributed by atoms with Gasteiger partial charge in [0.15, 0.2) is 6.10 Å². The molecule has 0 atom stereocenters. The smallest absolute Gasteiger partial charge is 0.310 e. The van der Waals surface area contributed by atoms with Gasteiger partial charge in [0, 0.05) is 11.1 Å². The topological polar surface area (TPSA) is 35.5 Å². The van der Waals surface area contributed by atoms with E-state index in [0.29, 0.717) is 6.61 Å². The Labute approximate surface area is 172 Å². The highest BCUT2D eigenvalue weighted by molar-refractivity contribution is 5.80. The van der Waals surface area contributed by atoms with Gasteiger partial charge in [0.2, 0.25) is 0 Å². The fourth-order valence-corrected chi connectivity index (χ4v) is 3.73. The second-order valence-electron chi connectivity index (χ2n) is 8.42. The van der Waals surface area contributed by atoms with E-state index >= 15 is 0 Å². The Bertz CT molecular complexity index is 967. The van der Waals surface area contributed by atoms with E-state index in [2.05, 4.69) is 45.0 Å². The van der Waals surface area contributed by atoms with E-state index in [1.165, 1.54) is 5.56 Å². The molecule has 0 bridgehead atoms. The zero-order valence-corrected chi connectivity index (χ0v) is 17.1. The zero-order valence-electron chi connectivity index (χ0n) is 17.1. The van der Waals surface area contributed by atoms with Crippen molar-refractivity contribution in [2.24, 2.45) is 0 Å². The van der Waals surface area contributed by atoms with Gasteiger partial charge in [-0.15, -0.1) is 0 Å². The van der Waals surface area contributed by atoms with Crippen LogP contribution >= 0.6 is 0 Å². The van der Waals surface area contributed by atoms with Crippen LogP contribution in [0.2, 0.25) is 0 Å². The van der Waals surface area contributed by atoms with Gasteiger partial charge in [-0.2, -0.15) is 0 Å². The maximum absolute atomic E-state index is 12.5. The molecular formula is C26H26O3. The van der Waals surface area contributed by atoms with Crippen molar-refractivity contribution in [3.8, 4) is 16.9 Å². The lowest BCUT2D eigenvalue weighted by Crippen LogP contribution is -2.14. The Balaban J connectivity index is 1.37. The maximum atomic E-state index is 12.5. The minimum absolute atomic E-state index is 0.107. The van der Waals surface area contributed by atoms with E-state index in [-0.39, 0.29) is 23.9 Å². The van der Waals surface area contributed by atoms with Gasteiger partial charge >= 0.3 is 5.97 Å². The molecule has 29 heavy (non-hydrogen) atoms. The number of carbonyl (C=O) groups excluding carboxylic acids is 1. The Morgan fingerprint density at radius 2 is 1.38 bits per heavy atom. The Hall–Kier alpha value is -3.07. The van der Waals surface area contributed by atoms with Gasteiger partial charge < -0.3 is 9.47 Å². The van der Waals surface area contributed by atoms with E-state index in [1.807, 2.05) is 48.5 Å². The first kappa shape index (κ1) is 19.3. The molecule has 0 aromatic heterocycles. The largest absolute Gasteiger partial charge is 0.493 e. The first-order valence-electron chi connectivity index (χ1n) is 10.0. The van der Waals surface area contributed by atoms with Gasteiger partial charge in [0.1, 0.15) is 5.75 Å². The molecule has 0 N–H and O–H groups in total. The van der Waals surface area contributed by atoms with Gasteiger partial charge in [-0.3, -0.25) is 4.79 Å². The summed E-state index contributed by atoms with van der Waals surface area (Å²) in [5.74, 6) is 0.509. The van der Waals surface area contributed by atoms with Gasteiger partial charge in [0.05, 0.1) is 13.0 Å². The van der Waals surface area contributed by atoms with E-state index in [1.54, 1.807) is 0 Å². The third-order valence-corrected chi connectivity index (χ3v) is 5.32. The molecule has 0 saturated heterocycles. The Kier molecular flexibility index (Phi) is 5.14. The molecule has 3 heteroatoms. The molecule has 3 nitrogen and oxygen atoms in total. The van der Waals surface area contributed by atoms with E-state index in [4.69, 9.17) is 9.47 Å². The molecule has 3 aromatic carbocycles. The minimum atomic E-state index is -0.346. The molecule has 0 saturated carbocycles. The monoisotopic (exact) mass is 386 g/mol. The first-order valence-corrected chi connectivity index (χ1v) is 10.0. The molecule has 0 spiro atoms. The van der Waals surface area contributed by atoms with E-state index < -0.39 is 0 Å². The number of rotatable bonds is 5. The lowest BCUT2D eigenvalue weighted by molar-refractivity contribution is -0.147. The normalized spacial score (nSPS) is 12.9. The summed E-state index contributed by atoms with van der Waals surface area (Å²) in [6, 6.07) is 24.2. The van der Waals surface area contributed by atoms with Crippen molar-refractivity contribution in [1.29, 1.82) is 0 Å². The molecule has 0 aliphatic heterocycles. The van der Waals surface area contributed by atoms with Gasteiger partial charge in [-0.1, -0.05) is 81.4 Å². The highest BCUT2D eigenvalue weighted by Gasteiger charge is 2.30. The third-order valence-electron chi connectivity index (χ3n) is 5.32. The van der Waals surface area contributed by atoms with Crippen molar-refractivity contribution >= 4 is 5.97 Å². The van der Waals surface area contributed by atoms with Crippen LogP contribution in [-0.2, 0) is 14.9 Å². The van der Waals surface area contributed by atoms with Crippen molar-refractivity contribution in [1.82, 2.24) is 0 Å². The van der Waals surface area contributed by atoms with E-state index in [9.17, 15) is 4.79 Å². The van der Waals surface area contributed by atoms with Crippen LogP contribution in [0.5, 0.6) is 5.75 Å². The first-order chi connectivity index (χ1) is 13.9. The van der Waals surface area contributed by atoms with Crippen LogP contribution in [0.25, 0.3) is 11.1 Å². The summed E-state index contributed by atoms with van der Waals surface area (Å²) in [6.45, 7) is 6.83. The molecular weight excluding hydrogens is 360 g/mol. The summed E-state index contributed by atoms with van der Waals surface area (Å²) in [4.78, 5) is 12.5. The SMILES string of the molecule is CC(C)(C)c1ccc(OCCC(=O)OC2c3ccccc3-c3ccccc32)cc1. The fourth-order valence-electron chi connectivity index (χ4n) is 3.73. The van der Waals surface area contributed by atoms with Crippen LogP contribution in [0.4, 0.5) is 0 Å². The highest BCUT2D eigenvalue weighted by Crippen LogP contribution is 2.45. The predicted molar refractivity (Wildman–Crippen MR) is 115 cm³/mol. The van der Waals surface area contributed by atoms with Crippen molar-refractivity contribution in [3.63, 3.8) is 0 Å². The average molecular weight is 386 g/mol. The lowest BCUT2D eigenvalue weighted by Gasteiger charge is -2.19. The highest BCUT2D eigenvalue weighted by atomic mass is 16.5. The summed E-state index contributed by atoms with van der Waals surface area (Å²) in [5.41, 5.74) is 5.72. The molecule has 3 aromatic rings. The average Bonchev–Trinajstić information content (AvgIpc) is 3.02. The number of hydrogen-bond acceptors (Lipinski definition) is 3. The maximum Gasteiger partial charge on any atom is 0.310 e. The van der Waals surface area contributed by atoms with E-state index in [0.717, 1.165) is 28.0 Å². The molecule has 0 unspecified atom stereocenters. The van der Waals surface area contributed by atoms with Crippen LogP contribution in [0.1, 0.15) is 50.0 Å². The van der Waals surface area contributed by atoms with Gasteiger partial charge in [-0.05, 0) is 34.2 Å². The van der Waals surface area contributed by atoms with Crippen molar-refractivity contribution in [2.45, 2.75) is 38.7 Å². The standard InChI is InChI=1S/C26H26O3/c1-26(2,3)18-12-14-19(15-13-18)28-17-16-24(27)29-25-22-10-6-4-8-20(22)21-9-5-7-11-23(21)25/h4-15,25H,16-17H2,1-3H3. The summed E-state index contributed by atoms with van der Waals surface area (Å²) >= 11 is 0. The fraction of sp³-hybridized carbons (Fsp3) is 0.269. The minimum Gasteiger partial charge on any atom is -0.493 e. The van der Waals surface area contributed by atoms with Crippen molar-refractivity contribution in [2.75, 3.05) is 6.61 Å². The Morgan fingerprint density at radius 3 is 1.93 bits per heavy atom. The van der Waals surface area contributed by atoms with Crippen LogP contribution in [-0.4, -0.2) is 12.6 Å². The molecule has 0 fully saturated rings. The molecule has 0 radical (unpaired) electrons. The van der Waals surface area contributed by atoms with Crippen molar-refractivity contribution in [3.05, 3.63) is 89.5 Å². The summed E-state index contributed by atoms with van der Waals surface area (Å²) in [7, 11) is 0. The molecule has 0 heterocycles. The lowest BCUT2D eigenvalue weighted by atomic mass is 9.87. The zero-order chi connectivity index (χ0) is 20.4. The van der Waals surface area contributed by atoms with Crippen LogP contribution in [0.3, 0.4) is 0 Å². The second-order valence-corrected chi connectivity index (χ2v) is 8.42. The summed E-state index contributed by atoms with van der Waals surface area (Å²) in [5, 5.41) is 0. The summed E-state index contributed by atoms with van der Waals surface area (Å²) < 4.78 is 11.6. The quantitative estimate of drug-likeness (QED) is 0.500. The number of benzene rings is 3. The predicted octanol–water partition coefficient (Wildman–Crippen LogP) is 6.07. The molecule has 1 aliphatic carbocycles.